The van der Waals surface area contributed by atoms with Gasteiger partial charge >= 0.3 is 0 Å². The highest BCUT2D eigenvalue weighted by atomic mass is 35.5. The molecule has 0 saturated carbocycles. The number of aromatic nitrogens is 2. The van der Waals surface area contributed by atoms with E-state index < -0.39 is 0 Å². The molecule has 0 aliphatic rings. The number of Topliss-reactive ketones (excluding diaryl/α,β-unsaturated/α-hetero) is 1. The zero-order chi connectivity index (χ0) is 14.2. The minimum atomic E-state index is 0.0751. The van der Waals surface area contributed by atoms with Crippen LogP contribution < -0.4 is 0 Å². The number of ketones is 1. The van der Waals surface area contributed by atoms with Crippen molar-refractivity contribution in [3.63, 3.8) is 0 Å². The number of benzene rings is 1. The molecule has 0 spiro atoms. The summed E-state index contributed by atoms with van der Waals surface area (Å²) in [6.45, 7) is 5.82. The highest BCUT2D eigenvalue weighted by Crippen LogP contribution is 2.22. The third kappa shape index (κ3) is 2.56. The van der Waals surface area contributed by atoms with Gasteiger partial charge in [0, 0.05) is 12.6 Å². The van der Waals surface area contributed by atoms with E-state index >= 15 is 0 Å². The first kappa shape index (κ1) is 13.8. The fourth-order valence-electron chi connectivity index (χ4n) is 2.17. The van der Waals surface area contributed by atoms with Crippen LogP contribution in [0.5, 0.6) is 0 Å². The van der Waals surface area contributed by atoms with Crippen LogP contribution in [0.3, 0.4) is 0 Å². The van der Waals surface area contributed by atoms with E-state index in [0.717, 1.165) is 28.1 Å². The fourth-order valence-corrected chi connectivity index (χ4v) is 2.40. The van der Waals surface area contributed by atoms with Crippen LogP contribution in [-0.4, -0.2) is 15.6 Å². The maximum absolute atomic E-state index is 12.4. The van der Waals surface area contributed by atoms with Crippen molar-refractivity contribution in [3.8, 4) is 0 Å². The summed E-state index contributed by atoms with van der Waals surface area (Å²) in [4.78, 5) is 12.4. The lowest BCUT2D eigenvalue weighted by Crippen LogP contribution is -2.10. The smallest absolute Gasteiger partial charge is 0.169 e. The zero-order valence-electron chi connectivity index (χ0n) is 11.6. The van der Waals surface area contributed by atoms with Gasteiger partial charge in [0.05, 0.1) is 22.8 Å². The van der Waals surface area contributed by atoms with E-state index in [1.165, 1.54) is 0 Å². The van der Waals surface area contributed by atoms with Gasteiger partial charge in [-0.05, 0) is 31.9 Å². The summed E-state index contributed by atoms with van der Waals surface area (Å²) in [6, 6.07) is 5.78. The van der Waals surface area contributed by atoms with Crippen LogP contribution in [0.2, 0.25) is 5.02 Å². The van der Waals surface area contributed by atoms with E-state index in [4.69, 9.17) is 11.6 Å². The summed E-state index contributed by atoms with van der Waals surface area (Å²) in [5.41, 5.74) is 4.44. The Kier molecular flexibility index (Phi) is 3.76. The maximum Gasteiger partial charge on any atom is 0.169 e. The second-order valence-corrected chi connectivity index (χ2v) is 5.20. The number of halogens is 1. The van der Waals surface area contributed by atoms with Gasteiger partial charge in [0.2, 0.25) is 0 Å². The van der Waals surface area contributed by atoms with Gasteiger partial charge in [-0.15, -0.1) is 0 Å². The number of nitrogens with zero attached hydrogens (tertiary/aromatic N) is 2. The first-order valence-electron chi connectivity index (χ1n) is 6.19. The molecule has 1 aromatic carbocycles. The van der Waals surface area contributed by atoms with Crippen molar-refractivity contribution < 1.29 is 4.79 Å². The van der Waals surface area contributed by atoms with Crippen molar-refractivity contribution in [3.05, 3.63) is 51.3 Å². The Morgan fingerprint density at radius 2 is 2.00 bits per heavy atom. The van der Waals surface area contributed by atoms with Crippen LogP contribution in [0.4, 0.5) is 0 Å². The fraction of sp³-hybridized carbons (Fsp3) is 0.333. The van der Waals surface area contributed by atoms with Crippen LogP contribution >= 0.6 is 11.6 Å². The molecule has 2 rings (SSSR count). The van der Waals surface area contributed by atoms with Crippen LogP contribution in [0, 0.1) is 20.8 Å². The normalized spacial score (nSPS) is 10.8. The minimum Gasteiger partial charge on any atom is -0.294 e. The molecule has 0 aliphatic heterocycles. The average Bonchev–Trinajstić information content (AvgIpc) is 2.59. The number of hydrogen-bond acceptors (Lipinski definition) is 2. The molecule has 0 bridgehead atoms. The van der Waals surface area contributed by atoms with Gasteiger partial charge < -0.3 is 0 Å². The van der Waals surface area contributed by atoms with E-state index in [9.17, 15) is 4.79 Å². The summed E-state index contributed by atoms with van der Waals surface area (Å²) in [5, 5.41) is 4.81. The number of rotatable bonds is 3. The molecule has 4 heteroatoms. The van der Waals surface area contributed by atoms with Gasteiger partial charge in [-0.1, -0.05) is 29.8 Å². The standard InChI is InChI=1S/C15H17ClN2O/c1-9-6-5-7-12(10(9)2)14(19)8-13-15(16)11(3)17-18(13)4/h5-7H,8H2,1-4H3. The predicted octanol–water partition coefficient (Wildman–Crippen LogP) is 3.42. The monoisotopic (exact) mass is 276 g/mol. The second-order valence-electron chi connectivity index (χ2n) is 4.82. The van der Waals surface area contributed by atoms with E-state index in [2.05, 4.69) is 5.10 Å². The van der Waals surface area contributed by atoms with Crippen molar-refractivity contribution in [2.75, 3.05) is 0 Å². The molecular formula is C15H17ClN2O. The first-order chi connectivity index (χ1) is 8.91. The molecule has 3 nitrogen and oxygen atoms in total. The lowest BCUT2D eigenvalue weighted by molar-refractivity contribution is 0.0990. The summed E-state index contributed by atoms with van der Waals surface area (Å²) in [7, 11) is 1.81. The number of carbonyl (C=O) groups is 1. The lowest BCUT2D eigenvalue weighted by Gasteiger charge is -2.08. The van der Waals surface area contributed by atoms with Crippen molar-refractivity contribution in [2.24, 2.45) is 7.05 Å². The van der Waals surface area contributed by atoms with Crippen LogP contribution in [0.1, 0.15) is 32.9 Å². The van der Waals surface area contributed by atoms with Gasteiger partial charge in [-0.2, -0.15) is 5.10 Å². The number of hydrogen-bond donors (Lipinski definition) is 0. The highest BCUT2D eigenvalue weighted by Gasteiger charge is 2.17. The van der Waals surface area contributed by atoms with Gasteiger partial charge in [0.15, 0.2) is 5.78 Å². The molecule has 0 saturated heterocycles. The molecule has 1 heterocycles. The topological polar surface area (TPSA) is 34.9 Å². The van der Waals surface area contributed by atoms with Crippen molar-refractivity contribution in [1.82, 2.24) is 9.78 Å². The molecule has 0 radical (unpaired) electrons. The number of carbonyl (C=O) groups excluding carboxylic acids is 1. The molecule has 0 N–H and O–H groups in total. The van der Waals surface area contributed by atoms with Crippen molar-refractivity contribution in [2.45, 2.75) is 27.2 Å². The lowest BCUT2D eigenvalue weighted by atomic mass is 9.98. The summed E-state index contributed by atoms with van der Waals surface area (Å²) in [6.07, 6.45) is 0.278. The van der Waals surface area contributed by atoms with Crippen LogP contribution in [0.25, 0.3) is 0 Å². The summed E-state index contributed by atoms with van der Waals surface area (Å²) >= 11 is 6.18. The Morgan fingerprint density at radius 1 is 1.32 bits per heavy atom. The Balaban J connectivity index is 2.34. The average molecular weight is 277 g/mol. The SMILES string of the molecule is Cc1cccc(C(=O)Cc2c(Cl)c(C)nn2C)c1C. The molecular weight excluding hydrogens is 260 g/mol. The minimum absolute atomic E-state index is 0.0751. The maximum atomic E-state index is 12.4. The van der Waals surface area contributed by atoms with Gasteiger partial charge in [0.1, 0.15) is 0 Å². The second kappa shape index (κ2) is 5.17. The van der Waals surface area contributed by atoms with E-state index in [1.807, 2.05) is 46.0 Å². The molecule has 1 aromatic heterocycles. The molecule has 2 aromatic rings. The molecule has 0 atom stereocenters. The Hall–Kier alpha value is -1.61. The number of aryl methyl sites for hydroxylation is 3. The Morgan fingerprint density at radius 3 is 2.58 bits per heavy atom. The van der Waals surface area contributed by atoms with E-state index in [0.29, 0.717) is 5.02 Å². The molecule has 100 valence electrons. The summed E-state index contributed by atoms with van der Waals surface area (Å²) < 4.78 is 1.68. The quantitative estimate of drug-likeness (QED) is 0.805. The van der Waals surface area contributed by atoms with Gasteiger partial charge in [0.25, 0.3) is 0 Å². The Bertz CT molecular complexity index is 644. The molecule has 0 aliphatic carbocycles. The van der Waals surface area contributed by atoms with Crippen LogP contribution in [0.15, 0.2) is 18.2 Å². The third-order valence-electron chi connectivity index (χ3n) is 3.49. The van der Waals surface area contributed by atoms with E-state index in [-0.39, 0.29) is 12.2 Å². The van der Waals surface area contributed by atoms with Crippen LogP contribution in [-0.2, 0) is 13.5 Å². The largest absolute Gasteiger partial charge is 0.294 e. The van der Waals surface area contributed by atoms with Crippen molar-refractivity contribution >= 4 is 17.4 Å². The summed E-state index contributed by atoms with van der Waals surface area (Å²) in [5.74, 6) is 0.0751. The predicted molar refractivity (Wildman–Crippen MR) is 76.9 cm³/mol. The van der Waals surface area contributed by atoms with Gasteiger partial charge in [-0.25, -0.2) is 0 Å². The van der Waals surface area contributed by atoms with Gasteiger partial charge in [-0.3, -0.25) is 9.48 Å². The molecule has 0 unspecified atom stereocenters. The molecule has 0 fully saturated rings. The Labute approximate surface area is 118 Å². The first-order valence-corrected chi connectivity index (χ1v) is 6.57. The third-order valence-corrected chi connectivity index (χ3v) is 3.99. The zero-order valence-corrected chi connectivity index (χ0v) is 12.4. The van der Waals surface area contributed by atoms with E-state index in [1.54, 1.807) is 4.68 Å². The molecule has 19 heavy (non-hydrogen) atoms. The highest BCUT2D eigenvalue weighted by molar-refractivity contribution is 6.32. The molecule has 0 amide bonds. The van der Waals surface area contributed by atoms with Crippen molar-refractivity contribution in [1.29, 1.82) is 0 Å².